The average Bonchev–Trinajstić information content (AvgIpc) is 2.80. The van der Waals surface area contributed by atoms with Crippen LogP contribution in [0, 0.1) is 5.92 Å². The number of nitrogens with zero attached hydrogens (tertiary/aromatic N) is 1. The standard InChI is InChI=1S/C14H24N2O/c1-4-15-11(3)14-16-9-13(17-14)12-7-5-10(2)6-8-12/h9-12,15H,4-8H2,1-3H3. The van der Waals surface area contributed by atoms with Crippen LogP contribution in [-0.4, -0.2) is 11.5 Å². The molecule has 1 aromatic heterocycles. The zero-order chi connectivity index (χ0) is 12.3. The number of hydrogen-bond acceptors (Lipinski definition) is 3. The van der Waals surface area contributed by atoms with Crippen molar-refractivity contribution in [3.8, 4) is 0 Å². The van der Waals surface area contributed by atoms with E-state index in [4.69, 9.17) is 4.42 Å². The molecule has 0 spiro atoms. The van der Waals surface area contributed by atoms with Gasteiger partial charge in [-0.1, -0.05) is 26.7 Å². The molecule has 0 radical (unpaired) electrons. The van der Waals surface area contributed by atoms with Gasteiger partial charge in [-0.2, -0.15) is 0 Å². The van der Waals surface area contributed by atoms with Crippen LogP contribution in [0.4, 0.5) is 0 Å². The summed E-state index contributed by atoms with van der Waals surface area (Å²) >= 11 is 0. The predicted molar refractivity (Wildman–Crippen MR) is 69.0 cm³/mol. The molecule has 2 rings (SSSR count). The minimum atomic E-state index is 0.219. The maximum Gasteiger partial charge on any atom is 0.211 e. The lowest BCUT2D eigenvalue weighted by molar-refractivity contribution is 0.301. The van der Waals surface area contributed by atoms with Crippen molar-refractivity contribution in [2.45, 2.75) is 58.4 Å². The summed E-state index contributed by atoms with van der Waals surface area (Å²) in [6.45, 7) is 7.49. The molecule has 3 nitrogen and oxygen atoms in total. The van der Waals surface area contributed by atoms with E-state index in [0.717, 1.165) is 24.1 Å². The van der Waals surface area contributed by atoms with Gasteiger partial charge in [0.05, 0.1) is 12.2 Å². The van der Waals surface area contributed by atoms with E-state index in [9.17, 15) is 0 Å². The smallest absolute Gasteiger partial charge is 0.211 e. The van der Waals surface area contributed by atoms with E-state index in [0.29, 0.717) is 5.92 Å². The van der Waals surface area contributed by atoms with Gasteiger partial charge in [-0.25, -0.2) is 4.98 Å². The van der Waals surface area contributed by atoms with Crippen LogP contribution in [0.2, 0.25) is 0 Å². The van der Waals surface area contributed by atoms with Crippen LogP contribution in [-0.2, 0) is 0 Å². The van der Waals surface area contributed by atoms with Gasteiger partial charge < -0.3 is 9.73 Å². The summed E-state index contributed by atoms with van der Waals surface area (Å²) in [6, 6.07) is 0.219. The van der Waals surface area contributed by atoms with Crippen LogP contribution in [0.5, 0.6) is 0 Å². The fourth-order valence-corrected chi connectivity index (χ4v) is 2.63. The molecule has 1 unspecified atom stereocenters. The Bertz CT molecular complexity index is 340. The predicted octanol–water partition coefficient (Wildman–Crippen LogP) is 3.64. The molecule has 0 amide bonds. The Labute approximate surface area is 104 Å². The molecule has 3 heteroatoms. The number of hydrogen-bond donors (Lipinski definition) is 1. The van der Waals surface area contributed by atoms with Crippen LogP contribution >= 0.6 is 0 Å². The Hall–Kier alpha value is -0.830. The second kappa shape index (κ2) is 5.67. The zero-order valence-electron chi connectivity index (χ0n) is 11.2. The third kappa shape index (κ3) is 3.09. The van der Waals surface area contributed by atoms with Gasteiger partial charge in [-0.3, -0.25) is 0 Å². The fraction of sp³-hybridized carbons (Fsp3) is 0.786. The Morgan fingerprint density at radius 3 is 2.76 bits per heavy atom. The minimum Gasteiger partial charge on any atom is -0.444 e. The van der Waals surface area contributed by atoms with Crippen LogP contribution in [0.15, 0.2) is 10.6 Å². The maximum absolute atomic E-state index is 5.90. The van der Waals surface area contributed by atoms with Gasteiger partial charge in [0.25, 0.3) is 0 Å². The molecule has 1 saturated carbocycles. The number of aromatic nitrogens is 1. The average molecular weight is 236 g/mol. The minimum absolute atomic E-state index is 0.219. The lowest BCUT2D eigenvalue weighted by Crippen LogP contribution is -2.17. The van der Waals surface area contributed by atoms with Crippen molar-refractivity contribution in [1.82, 2.24) is 10.3 Å². The van der Waals surface area contributed by atoms with E-state index in [1.54, 1.807) is 0 Å². The van der Waals surface area contributed by atoms with E-state index in [1.165, 1.54) is 25.7 Å². The zero-order valence-corrected chi connectivity index (χ0v) is 11.2. The highest BCUT2D eigenvalue weighted by Crippen LogP contribution is 2.36. The van der Waals surface area contributed by atoms with Crippen LogP contribution in [0.3, 0.4) is 0 Å². The first-order valence-electron chi connectivity index (χ1n) is 6.89. The second-order valence-corrected chi connectivity index (χ2v) is 5.34. The summed E-state index contributed by atoms with van der Waals surface area (Å²) in [4.78, 5) is 4.40. The normalized spacial score (nSPS) is 27.0. The molecule has 1 heterocycles. The first-order valence-corrected chi connectivity index (χ1v) is 6.89. The first kappa shape index (κ1) is 12.6. The summed E-state index contributed by atoms with van der Waals surface area (Å²) in [5.41, 5.74) is 0. The largest absolute Gasteiger partial charge is 0.444 e. The first-order chi connectivity index (χ1) is 8.20. The van der Waals surface area contributed by atoms with Crippen molar-refractivity contribution in [2.75, 3.05) is 6.54 Å². The summed E-state index contributed by atoms with van der Waals surface area (Å²) < 4.78 is 5.90. The molecule has 1 aliphatic carbocycles. The van der Waals surface area contributed by atoms with E-state index < -0.39 is 0 Å². The van der Waals surface area contributed by atoms with Crippen molar-refractivity contribution >= 4 is 0 Å². The SMILES string of the molecule is CCNC(C)c1ncc(C2CCC(C)CC2)o1. The highest BCUT2D eigenvalue weighted by molar-refractivity contribution is 5.04. The molecule has 0 aromatic carbocycles. The van der Waals surface area contributed by atoms with Crippen LogP contribution in [0.25, 0.3) is 0 Å². The van der Waals surface area contributed by atoms with Crippen molar-refractivity contribution in [3.63, 3.8) is 0 Å². The molecule has 1 atom stereocenters. The highest BCUT2D eigenvalue weighted by atomic mass is 16.4. The van der Waals surface area contributed by atoms with Gasteiger partial charge in [-0.15, -0.1) is 0 Å². The number of nitrogens with one attached hydrogen (secondary N) is 1. The number of rotatable bonds is 4. The van der Waals surface area contributed by atoms with Crippen molar-refractivity contribution in [3.05, 3.63) is 17.8 Å². The lowest BCUT2D eigenvalue weighted by atomic mass is 9.82. The molecule has 1 aliphatic rings. The molecular weight excluding hydrogens is 212 g/mol. The van der Waals surface area contributed by atoms with Crippen molar-refractivity contribution < 1.29 is 4.42 Å². The molecular formula is C14H24N2O. The summed E-state index contributed by atoms with van der Waals surface area (Å²) in [5, 5.41) is 3.33. The van der Waals surface area contributed by atoms with Crippen LogP contribution < -0.4 is 5.32 Å². The van der Waals surface area contributed by atoms with E-state index in [1.807, 2.05) is 6.20 Å². The second-order valence-electron chi connectivity index (χ2n) is 5.34. The highest BCUT2D eigenvalue weighted by Gasteiger charge is 2.23. The molecule has 0 saturated heterocycles. The lowest BCUT2D eigenvalue weighted by Gasteiger charge is -2.24. The Morgan fingerprint density at radius 2 is 2.12 bits per heavy atom. The summed E-state index contributed by atoms with van der Waals surface area (Å²) in [6.07, 6.45) is 7.09. The number of oxazole rings is 1. The molecule has 0 bridgehead atoms. The quantitative estimate of drug-likeness (QED) is 0.867. The maximum atomic E-state index is 5.90. The van der Waals surface area contributed by atoms with Crippen molar-refractivity contribution in [2.24, 2.45) is 5.92 Å². The Kier molecular flexibility index (Phi) is 4.21. The topological polar surface area (TPSA) is 38.1 Å². The Morgan fingerprint density at radius 1 is 1.41 bits per heavy atom. The third-order valence-corrected chi connectivity index (χ3v) is 3.84. The van der Waals surface area contributed by atoms with Crippen LogP contribution in [0.1, 0.15) is 70.1 Å². The molecule has 17 heavy (non-hydrogen) atoms. The monoisotopic (exact) mass is 236 g/mol. The fourth-order valence-electron chi connectivity index (χ4n) is 2.63. The molecule has 1 fully saturated rings. The van der Waals surface area contributed by atoms with Gasteiger partial charge >= 0.3 is 0 Å². The van der Waals surface area contributed by atoms with Gasteiger partial charge in [0, 0.05) is 5.92 Å². The molecule has 96 valence electrons. The summed E-state index contributed by atoms with van der Waals surface area (Å²) in [7, 11) is 0. The van der Waals surface area contributed by atoms with Crippen molar-refractivity contribution in [1.29, 1.82) is 0 Å². The summed E-state index contributed by atoms with van der Waals surface area (Å²) in [5.74, 6) is 3.41. The van der Waals surface area contributed by atoms with E-state index in [2.05, 4.69) is 31.1 Å². The molecule has 1 N–H and O–H groups in total. The molecule has 1 aromatic rings. The van der Waals surface area contributed by atoms with Gasteiger partial charge in [0.2, 0.25) is 5.89 Å². The van der Waals surface area contributed by atoms with Gasteiger partial charge in [-0.05, 0) is 32.2 Å². The van der Waals surface area contributed by atoms with E-state index in [-0.39, 0.29) is 6.04 Å². The Balaban J connectivity index is 1.98. The molecule has 0 aliphatic heterocycles. The van der Waals surface area contributed by atoms with Gasteiger partial charge in [0.1, 0.15) is 5.76 Å². The van der Waals surface area contributed by atoms with E-state index >= 15 is 0 Å². The third-order valence-electron chi connectivity index (χ3n) is 3.84. The van der Waals surface area contributed by atoms with Gasteiger partial charge in [0.15, 0.2) is 0 Å².